The van der Waals surface area contributed by atoms with E-state index in [0.717, 1.165) is 11.8 Å². The van der Waals surface area contributed by atoms with E-state index >= 15 is 0 Å². The van der Waals surface area contributed by atoms with Gasteiger partial charge in [0.1, 0.15) is 0 Å². The number of nitrogens with zero attached hydrogens (tertiary/aromatic N) is 4. The van der Waals surface area contributed by atoms with Crippen LogP contribution in [0.5, 0.6) is 5.88 Å². The molecule has 1 N–H and O–H groups in total. The maximum Gasteiger partial charge on any atom is 0.433 e. The second-order valence-electron chi connectivity index (χ2n) is 4.66. The average molecular weight is 389 g/mol. The van der Waals surface area contributed by atoms with Crippen molar-refractivity contribution in [1.82, 2.24) is 20.2 Å². The predicted molar refractivity (Wildman–Crippen MR) is 83.0 cm³/mol. The second-order valence-corrected chi connectivity index (χ2v) is 6.01. The molecule has 0 aliphatic rings. The zero-order valence-corrected chi connectivity index (χ0v) is 13.7. The summed E-state index contributed by atoms with van der Waals surface area (Å²) in [6.07, 6.45) is -4.68. The lowest BCUT2D eigenvalue weighted by atomic mass is 10.2. The standard InChI is InChI=1S/C14H8ClF3N4O2S/c15-8-4-2-1-3-7(8)12-22-21-11(24-12)6-25-13-19-9(14(16,17)18)5-10(23)20-13/h1-5H,6H2,(H,19,20,23). The van der Waals surface area contributed by atoms with Gasteiger partial charge in [-0.15, -0.1) is 10.2 Å². The van der Waals surface area contributed by atoms with E-state index in [2.05, 4.69) is 20.2 Å². The minimum Gasteiger partial charge on any atom is -0.493 e. The third-order valence-corrected chi connectivity index (χ3v) is 4.04. The molecule has 0 spiro atoms. The summed E-state index contributed by atoms with van der Waals surface area (Å²) in [4.78, 5) is 6.89. The van der Waals surface area contributed by atoms with Gasteiger partial charge < -0.3 is 9.52 Å². The highest BCUT2D eigenvalue weighted by atomic mass is 35.5. The molecule has 0 saturated carbocycles. The topological polar surface area (TPSA) is 84.9 Å². The fourth-order valence-corrected chi connectivity index (χ4v) is 2.71. The van der Waals surface area contributed by atoms with Gasteiger partial charge in [0.15, 0.2) is 10.9 Å². The lowest BCUT2D eigenvalue weighted by Crippen LogP contribution is -2.09. The van der Waals surface area contributed by atoms with Crippen LogP contribution in [0.1, 0.15) is 11.6 Å². The van der Waals surface area contributed by atoms with Gasteiger partial charge in [-0.1, -0.05) is 35.5 Å². The first-order chi connectivity index (χ1) is 11.8. The van der Waals surface area contributed by atoms with Gasteiger partial charge in [0, 0.05) is 6.07 Å². The predicted octanol–water partition coefficient (Wildman–Crippen LogP) is 4.20. The van der Waals surface area contributed by atoms with Crippen LogP contribution >= 0.6 is 23.4 Å². The number of halogens is 4. The molecule has 3 rings (SSSR count). The molecule has 2 heterocycles. The van der Waals surface area contributed by atoms with Gasteiger partial charge in [-0.2, -0.15) is 18.2 Å². The van der Waals surface area contributed by atoms with Crippen molar-refractivity contribution >= 4 is 23.4 Å². The molecule has 0 bridgehead atoms. The Bertz CT molecular complexity index is 904. The van der Waals surface area contributed by atoms with Crippen molar-refractivity contribution in [2.75, 3.05) is 0 Å². The van der Waals surface area contributed by atoms with Crippen LogP contribution in [-0.2, 0) is 11.9 Å². The summed E-state index contributed by atoms with van der Waals surface area (Å²) in [5, 5.41) is 17.1. The number of thioether (sulfide) groups is 1. The maximum atomic E-state index is 12.7. The molecule has 0 amide bonds. The average Bonchev–Trinajstić information content (AvgIpc) is 3.01. The lowest BCUT2D eigenvalue weighted by Gasteiger charge is -2.07. The van der Waals surface area contributed by atoms with Crippen LogP contribution in [0.25, 0.3) is 11.5 Å². The molecule has 0 radical (unpaired) electrons. The van der Waals surface area contributed by atoms with Crippen LogP contribution in [0, 0.1) is 0 Å². The fraction of sp³-hybridized carbons (Fsp3) is 0.143. The van der Waals surface area contributed by atoms with Crippen LogP contribution in [0.4, 0.5) is 13.2 Å². The number of alkyl halides is 3. The quantitative estimate of drug-likeness (QED) is 0.529. The van der Waals surface area contributed by atoms with Gasteiger partial charge in [0.25, 0.3) is 0 Å². The Balaban J connectivity index is 1.75. The molecule has 25 heavy (non-hydrogen) atoms. The fourth-order valence-electron chi connectivity index (χ4n) is 1.80. The zero-order chi connectivity index (χ0) is 18.0. The van der Waals surface area contributed by atoms with Crippen LogP contribution in [-0.4, -0.2) is 25.3 Å². The molecule has 0 unspecified atom stereocenters. The highest BCUT2D eigenvalue weighted by molar-refractivity contribution is 7.98. The van der Waals surface area contributed by atoms with Crippen LogP contribution < -0.4 is 0 Å². The van der Waals surface area contributed by atoms with Gasteiger partial charge in [-0.05, 0) is 12.1 Å². The summed E-state index contributed by atoms with van der Waals surface area (Å²) in [5.74, 6) is -0.403. The van der Waals surface area contributed by atoms with Crippen molar-refractivity contribution in [1.29, 1.82) is 0 Å². The monoisotopic (exact) mass is 388 g/mol. The molecule has 0 aliphatic heterocycles. The van der Waals surface area contributed by atoms with Crippen LogP contribution in [0.3, 0.4) is 0 Å². The third-order valence-electron chi connectivity index (χ3n) is 2.88. The molecule has 1 aromatic carbocycles. The van der Waals surface area contributed by atoms with E-state index in [0.29, 0.717) is 16.7 Å². The Morgan fingerprint density at radius 1 is 1.16 bits per heavy atom. The molecule has 6 nitrogen and oxygen atoms in total. The van der Waals surface area contributed by atoms with Gasteiger partial charge in [-0.25, -0.2) is 4.98 Å². The minimum absolute atomic E-state index is 0.0260. The largest absolute Gasteiger partial charge is 0.493 e. The minimum atomic E-state index is -4.68. The highest BCUT2D eigenvalue weighted by Gasteiger charge is 2.33. The molecule has 11 heteroatoms. The number of rotatable bonds is 4. The summed E-state index contributed by atoms with van der Waals surface area (Å²) < 4.78 is 43.5. The van der Waals surface area contributed by atoms with Gasteiger partial charge in [0.05, 0.1) is 16.3 Å². The summed E-state index contributed by atoms with van der Waals surface area (Å²) >= 11 is 6.85. The van der Waals surface area contributed by atoms with Crippen molar-refractivity contribution in [2.45, 2.75) is 17.1 Å². The first kappa shape index (κ1) is 17.5. The summed E-state index contributed by atoms with van der Waals surface area (Å²) in [5.41, 5.74) is -0.689. The van der Waals surface area contributed by atoms with Crippen molar-refractivity contribution < 1.29 is 22.7 Å². The Labute approximate surface area is 148 Å². The molecule has 2 aromatic heterocycles. The van der Waals surface area contributed by atoms with Crippen molar-refractivity contribution in [3.8, 4) is 17.3 Å². The summed E-state index contributed by atoms with van der Waals surface area (Å²) in [6.45, 7) is 0. The third kappa shape index (κ3) is 4.20. The van der Waals surface area contributed by atoms with Crippen molar-refractivity contribution in [2.24, 2.45) is 0 Å². The SMILES string of the molecule is Oc1cc(C(F)(F)F)nc(SCc2nnc(-c3ccccc3Cl)o2)n1. The molecule has 3 aromatic rings. The molecule has 0 atom stereocenters. The van der Waals surface area contributed by atoms with E-state index in [4.69, 9.17) is 16.0 Å². The number of aromatic hydroxyl groups is 1. The summed E-state index contributed by atoms with van der Waals surface area (Å²) in [6, 6.07) is 7.30. The Kier molecular flexibility index (Phi) is 4.82. The van der Waals surface area contributed by atoms with Crippen molar-refractivity contribution in [3.05, 3.63) is 46.9 Å². The molecule has 0 saturated heterocycles. The Morgan fingerprint density at radius 3 is 2.64 bits per heavy atom. The molecule has 0 fully saturated rings. The first-order valence-corrected chi connectivity index (χ1v) is 8.04. The second kappa shape index (κ2) is 6.89. The van der Waals surface area contributed by atoms with Gasteiger partial charge in [-0.3, -0.25) is 0 Å². The zero-order valence-electron chi connectivity index (χ0n) is 12.2. The molecular formula is C14H8ClF3N4O2S. The van der Waals surface area contributed by atoms with Crippen LogP contribution in [0.15, 0.2) is 39.9 Å². The molecular weight excluding hydrogens is 381 g/mol. The molecule has 130 valence electrons. The number of aromatic nitrogens is 4. The van der Waals surface area contributed by atoms with E-state index in [1.807, 2.05) is 0 Å². The lowest BCUT2D eigenvalue weighted by molar-refractivity contribution is -0.141. The van der Waals surface area contributed by atoms with E-state index in [9.17, 15) is 18.3 Å². The summed E-state index contributed by atoms with van der Waals surface area (Å²) in [7, 11) is 0. The van der Waals surface area contributed by atoms with E-state index in [1.165, 1.54) is 0 Å². The number of benzene rings is 1. The Hall–Kier alpha value is -2.33. The smallest absolute Gasteiger partial charge is 0.433 e. The van der Waals surface area contributed by atoms with E-state index in [1.54, 1.807) is 24.3 Å². The van der Waals surface area contributed by atoms with Gasteiger partial charge >= 0.3 is 6.18 Å². The normalized spacial score (nSPS) is 11.7. The van der Waals surface area contributed by atoms with Crippen LogP contribution in [0.2, 0.25) is 5.02 Å². The number of hydrogen-bond acceptors (Lipinski definition) is 7. The first-order valence-electron chi connectivity index (χ1n) is 6.68. The van der Waals surface area contributed by atoms with Gasteiger partial charge in [0.2, 0.25) is 17.7 Å². The van der Waals surface area contributed by atoms with E-state index < -0.39 is 17.8 Å². The maximum absolute atomic E-state index is 12.7. The molecule has 0 aliphatic carbocycles. The Morgan fingerprint density at radius 2 is 1.92 bits per heavy atom. The number of hydrogen-bond donors (Lipinski definition) is 1. The van der Waals surface area contributed by atoms with Crippen molar-refractivity contribution in [3.63, 3.8) is 0 Å². The highest BCUT2D eigenvalue weighted by Crippen LogP contribution is 2.32. The van der Waals surface area contributed by atoms with E-state index in [-0.39, 0.29) is 22.7 Å².